The molecule has 2 N–H and O–H groups in total. The summed E-state index contributed by atoms with van der Waals surface area (Å²) in [7, 11) is 1.64. The van der Waals surface area contributed by atoms with E-state index in [-0.39, 0.29) is 11.3 Å². The molecule has 2 aliphatic rings. The third-order valence-electron chi connectivity index (χ3n) is 7.84. The fourth-order valence-corrected chi connectivity index (χ4v) is 6.58. The Morgan fingerprint density at radius 3 is 2.44 bits per heavy atom. The van der Waals surface area contributed by atoms with E-state index in [0.717, 1.165) is 36.3 Å². The van der Waals surface area contributed by atoms with Crippen LogP contribution in [0.3, 0.4) is 0 Å². The summed E-state index contributed by atoms with van der Waals surface area (Å²) in [5.41, 5.74) is 3.28. The zero-order chi connectivity index (χ0) is 23.9. The number of halogens is 2. The zero-order valence-electron chi connectivity index (χ0n) is 19.0. The highest BCUT2D eigenvalue weighted by molar-refractivity contribution is 6.31. The van der Waals surface area contributed by atoms with Crippen molar-refractivity contribution in [1.29, 1.82) is 0 Å². The first kappa shape index (κ1) is 23.1. The summed E-state index contributed by atoms with van der Waals surface area (Å²) in [5, 5.41) is 14.9. The maximum absolute atomic E-state index is 12.6. The Morgan fingerprint density at radius 1 is 1.00 bits per heavy atom. The van der Waals surface area contributed by atoms with Gasteiger partial charge in [-0.2, -0.15) is 0 Å². The predicted molar refractivity (Wildman–Crippen MR) is 136 cm³/mol. The zero-order valence-corrected chi connectivity index (χ0v) is 20.5. The van der Waals surface area contributed by atoms with Crippen LogP contribution in [0, 0.1) is 0 Å². The molecular formula is C28H27Cl2NO3. The van der Waals surface area contributed by atoms with Gasteiger partial charge in [-0.15, -0.1) is 0 Å². The predicted octanol–water partition coefficient (Wildman–Crippen LogP) is 7.09. The van der Waals surface area contributed by atoms with Crippen LogP contribution in [0.2, 0.25) is 10.0 Å². The second kappa shape index (κ2) is 8.83. The minimum Gasteiger partial charge on any atom is -0.497 e. The Kier molecular flexibility index (Phi) is 5.99. The lowest BCUT2D eigenvalue weighted by atomic mass is 9.59. The van der Waals surface area contributed by atoms with Gasteiger partial charge in [-0.1, -0.05) is 59.6 Å². The smallest absolute Gasteiger partial charge is 0.329 e. The van der Waals surface area contributed by atoms with E-state index in [1.165, 1.54) is 11.1 Å². The molecule has 3 aromatic rings. The summed E-state index contributed by atoms with van der Waals surface area (Å²) in [5.74, 6) is 0.0893. The number of nitrogens with one attached hydrogen (secondary N) is 1. The quantitative estimate of drug-likeness (QED) is 0.396. The summed E-state index contributed by atoms with van der Waals surface area (Å²) in [6, 6.07) is 21.7. The van der Waals surface area contributed by atoms with E-state index in [2.05, 4.69) is 35.6 Å². The SMILES string of the molecule is COc1ccc(C2Cc3ccccc3C23CCC(Nc2cccc(Cl)c2)(C(=O)O)CC3)c(Cl)c1. The van der Waals surface area contributed by atoms with Gasteiger partial charge in [0, 0.05) is 21.1 Å². The van der Waals surface area contributed by atoms with Gasteiger partial charge >= 0.3 is 5.97 Å². The van der Waals surface area contributed by atoms with Crippen molar-refractivity contribution >= 4 is 34.9 Å². The molecule has 2 aliphatic carbocycles. The number of aliphatic carboxylic acids is 1. The van der Waals surface area contributed by atoms with Gasteiger partial charge in [0.2, 0.25) is 0 Å². The summed E-state index contributed by atoms with van der Waals surface area (Å²) >= 11 is 12.9. The van der Waals surface area contributed by atoms with E-state index in [0.29, 0.717) is 22.9 Å². The average molecular weight is 496 g/mol. The lowest BCUT2D eigenvalue weighted by molar-refractivity contribution is -0.144. The largest absolute Gasteiger partial charge is 0.497 e. The molecule has 5 rings (SSSR count). The van der Waals surface area contributed by atoms with Crippen LogP contribution in [0.1, 0.15) is 48.3 Å². The van der Waals surface area contributed by atoms with Crippen molar-refractivity contribution in [2.45, 2.75) is 49.0 Å². The third kappa shape index (κ3) is 3.83. The maximum Gasteiger partial charge on any atom is 0.329 e. The van der Waals surface area contributed by atoms with Gasteiger partial charge in [0.1, 0.15) is 11.3 Å². The van der Waals surface area contributed by atoms with Crippen LogP contribution < -0.4 is 10.1 Å². The number of carboxylic acids is 1. The van der Waals surface area contributed by atoms with E-state index < -0.39 is 11.5 Å². The molecule has 0 amide bonds. The highest BCUT2D eigenvalue weighted by atomic mass is 35.5. The first-order chi connectivity index (χ1) is 16.4. The van der Waals surface area contributed by atoms with Gasteiger partial charge in [-0.05, 0) is 85.0 Å². The topological polar surface area (TPSA) is 58.6 Å². The molecule has 1 unspecified atom stereocenters. The number of benzene rings is 3. The summed E-state index contributed by atoms with van der Waals surface area (Å²) in [6.07, 6.45) is 3.40. The van der Waals surface area contributed by atoms with Crippen LogP contribution in [0.25, 0.3) is 0 Å². The molecule has 0 bridgehead atoms. The van der Waals surface area contributed by atoms with E-state index in [1.807, 2.05) is 24.3 Å². The molecule has 176 valence electrons. The van der Waals surface area contributed by atoms with Crippen molar-refractivity contribution in [3.63, 3.8) is 0 Å². The van der Waals surface area contributed by atoms with Crippen LogP contribution in [-0.2, 0) is 16.6 Å². The Hall–Kier alpha value is -2.69. The second-order valence-corrected chi connectivity index (χ2v) is 10.3. The molecule has 3 aromatic carbocycles. The standard InChI is InChI=1S/C28H27Cl2NO3/c1-34-21-9-10-22(25(30)17-21)24-15-18-5-2-3-8-23(18)27(24)11-13-28(14-12-27,26(32)33)31-20-7-4-6-19(29)16-20/h2-10,16-17,24,31H,11-15H2,1H3,(H,32,33). The molecule has 6 heteroatoms. The number of carbonyl (C=O) groups is 1. The third-order valence-corrected chi connectivity index (χ3v) is 8.40. The number of hydrogen-bond donors (Lipinski definition) is 2. The van der Waals surface area contributed by atoms with Crippen LogP contribution in [0.15, 0.2) is 66.7 Å². The molecule has 0 radical (unpaired) electrons. The molecule has 1 atom stereocenters. The van der Waals surface area contributed by atoms with Crippen LogP contribution in [-0.4, -0.2) is 23.7 Å². The molecule has 34 heavy (non-hydrogen) atoms. The van der Waals surface area contributed by atoms with Crippen LogP contribution in [0.4, 0.5) is 5.69 Å². The fraction of sp³-hybridized carbons (Fsp3) is 0.321. The number of rotatable bonds is 5. The number of fused-ring (bicyclic) bond motifs is 2. The van der Waals surface area contributed by atoms with E-state index in [4.69, 9.17) is 27.9 Å². The fourth-order valence-electron chi connectivity index (χ4n) is 6.09. The number of methoxy groups -OCH3 is 1. The van der Waals surface area contributed by atoms with E-state index in [1.54, 1.807) is 19.2 Å². The molecule has 0 aliphatic heterocycles. The first-order valence-electron chi connectivity index (χ1n) is 11.6. The Bertz CT molecular complexity index is 1230. The number of carboxylic acid groups (broad SMARTS) is 1. The van der Waals surface area contributed by atoms with Crippen LogP contribution >= 0.6 is 23.2 Å². The molecule has 0 aromatic heterocycles. The Labute approximate surface area is 209 Å². The first-order valence-corrected chi connectivity index (χ1v) is 12.3. The van der Waals surface area contributed by atoms with Gasteiger partial charge in [0.25, 0.3) is 0 Å². The normalized spacial score (nSPS) is 25.7. The minimum absolute atomic E-state index is 0.163. The number of hydrogen-bond acceptors (Lipinski definition) is 3. The summed E-state index contributed by atoms with van der Waals surface area (Å²) in [6.45, 7) is 0. The van der Waals surface area contributed by atoms with Crippen molar-refractivity contribution in [3.8, 4) is 5.75 Å². The number of ether oxygens (including phenoxy) is 1. The Balaban J connectivity index is 1.51. The molecule has 0 heterocycles. The summed E-state index contributed by atoms with van der Waals surface area (Å²) < 4.78 is 5.36. The molecule has 4 nitrogen and oxygen atoms in total. The lowest BCUT2D eigenvalue weighted by Gasteiger charge is -2.47. The minimum atomic E-state index is -1.04. The van der Waals surface area contributed by atoms with Gasteiger partial charge in [0.05, 0.1) is 7.11 Å². The van der Waals surface area contributed by atoms with Crippen molar-refractivity contribution < 1.29 is 14.6 Å². The van der Waals surface area contributed by atoms with E-state index >= 15 is 0 Å². The molecule has 1 saturated carbocycles. The highest BCUT2D eigenvalue weighted by Crippen LogP contribution is 2.58. The lowest BCUT2D eigenvalue weighted by Crippen LogP contribution is -2.52. The van der Waals surface area contributed by atoms with Gasteiger partial charge in [-0.25, -0.2) is 4.79 Å². The highest BCUT2D eigenvalue weighted by Gasteiger charge is 2.54. The monoisotopic (exact) mass is 495 g/mol. The van der Waals surface area contributed by atoms with Crippen molar-refractivity contribution in [1.82, 2.24) is 0 Å². The van der Waals surface area contributed by atoms with Crippen molar-refractivity contribution in [2.75, 3.05) is 12.4 Å². The van der Waals surface area contributed by atoms with Crippen molar-refractivity contribution in [3.05, 3.63) is 93.5 Å². The molecule has 0 saturated heterocycles. The van der Waals surface area contributed by atoms with Crippen molar-refractivity contribution in [2.24, 2.45) is 0 Å². The summed E-state index contributed by atoms with van der Waals surface area (Å²) in [4.78, 5) is 12.6. The molecule has 1 spiro atoms. The molecular weight excluding hydrogens is 469 g/mol. The maximum atomic E-state index is 12.6. The van der Waals surface area contributed by atoms with Crippen LogP contribution in [0.5, 0.6) is 5.75 Å². The van der Waals surface area contributed by atoms with Gasteiger partial charge in [-0.3, -0.25) is 0 Å². The van der Waals surface area contributed by atoms with Gasteiger partial charge in [0.15, 0.2) is 0 Å². The van der Waals surface area contributed by atoms with Gasteiger partial charge < -0.3 is 15.2 Å². The molecule has 1 fully saturated rings. The second-order valence-electron chi connectivity index (χ2n) is 9.48. The Morgan fingerprint density at radius 2 is 1.76 bits per heavy atom. The van der Waals surface area contributed by atoms with E-state index in [9.17, 15) is 9.90 Å². The number of anilines is 1. The average Bonchev–Trinajstić information content (AvgIpc) is 3.14.